The predicted molar refractivity (Wildman–Crippen MR) is 122 cm³/mol. The quantitative estimate of drug-likeness (QED) is 0.508. The van der Waals surface area contributed by atoms with Crippen molar-refractivity contribution in [3.05, 3.63) is 81.1 Å². The molecule has 0 spiro atoms. The summed E-state index contributed by atoms with van der Waals surface area (Å²) in [6.45, 7) is 3.44. The normalized spacial score (nSPS) is 14.6. The maximum absolute atomic E-state index is 13.1. The van der Waals surface area contributed by atoms with Gasteiger partial charge < -0.3 is 9.64 Å². The Morgan fingerprint density at radius 1 is 0.903 bits per heavy atom. The molecule has 2 heterocycles. The molecule has 1 saturated heterocycles. The summed E-state index contributed by atoms with van der Waals surface area (Å²) in [5, 5.41) is 6.06. The van der Waals surface area contributed by atoms with Crippen molar-refractivity contribution in [2.45, 2.75) is 13.3 Å². The fourth-order valence-electron chi connectivity index (χ4n) is 3.49. The van der Waals surface area contributed by atoms with Crippen molar-refractivity contribution in [1.82, 2.24) is 19.6 Å². The number of carbonyl (C=O) groups is 1. The average molecular weight is 480 g/mol. The van der Waals surface area contributed by atoms with Gasteiger partial charge in [-0.25, -0.2) is 4.68 Å². The molecule has 9 heteroatoms. The highest BCUT2D eigenvalue weighted by Crippen LogP contribution is 2.26. The summed E-state index contributed by atoms with van der Waals surface area (Å²) in [7, 11) is 0. The highest BCUT2D eigenvalue weighted by atomic mass is 35.5. The molecule has 1 fully saturated rings. The molecular weight excluding hydrogens is 459 g/mol. The van der Waals surface area contributed by atoms with Gasteiger partial charge in [-0.15, -0.1) is 0 Å². The summed E-state index contributed by atoms with van der Waals surface area (Å²) in [5.74, 6) is 0.473. The average Bonchev–Trinajstić information content (AvgIpc) is 3.24. The fraction of sp³-hybridized carbons (Fsp3) is 0.273. The van der Waals surface area contributed by atoms with Gasteiger partial charge in [0.15, 0.2) is 6.73 Å². The van der Waals surface area contributed by atoms with E-state index < -0.39 is 0 Å². The van der Waals surface area contributed by atoms with Gasteiger partial charge in [-0.3, -0.25) is 9.69 Å². The van der Waals surface area contributed by atoms with Crippen LogP contribution >= 0.6 is 34.8 Å². The van der Waals surface area contributed by atoms with Crippen LogP contribution in [-0.4, -0.2) is 51.7 Å². The maximum atomic E-state index is 13.1. The summed E-state index contributed by atoms with van der Waals surface area (Å²) in [5.41, 5.74) is 1.40. The van der Waals surface area contributed by atoms with Crippen molar-refractivity contribution in [1.29, 1.82) is 0 Å². The third-order valence-electron chi connectivity index (χ3n) is 5.22. The molecule has 3 aromatic rings. The monoisotopic (exact) mass is 478 g/mol. The van der Waals surface area contributed by atoms with Gasteiger partial charge in [0, 0.05) is 54.5 Å². The summed E-state index contributed by atoms with van der Waals surface area (Å²) in [4.78, 5) is 17.1. The highest BCUT2D eigenvalue weighted by molar-refractivity contribution is 6.36. The van der Waals surface area contributed by atoms with Crippen molar-refractivity contribution in [2.24, 2.45) is 0 Å². The molecule has 0 saturated carbocycles. The van der Waals surface area contributed by atoms with Crippen LogP contribution in [0.2, 0.25) is 15.1 Å². The van der Waals surface area contributed by atoms with E-state index in [1.807, 2.05) is 35.2 Å². The minimum absolute atomic E-state index is 0.0734. The molecule has 1 aliphatic rings. The van der Waals surface area contributed by atoms with Gasteiger partial charge >= 0.3 is 0 Å². The largest absolute Gasteiger partial charge is 0.470 e. The second-order valence-electron chi connectivity index (χ2n) is 7.19. The zero-order valence-corrected chi connectivity index (χ0v) is 18.9. The molecule has 0 N–H and O–H groups in total. The molecule has 0 aliphatic carbocycles. The Bertz CT molecular complexity index is 1040. The van der Waals surface area contributed by atoms with E-state index in [9.17, 15) is 4.79 Å². The maximum Gasteiger partial charge on any atom is 0.272 e. The summed E-state index contributed by atoms with van der Waals surface area (Å²) >= 11 is 18.7. The number of rotatable bonds is 6. The van der Waals surface area contributed by atoms with Gasteiger partial charge in [-0.05, 0) is 30.3 Å². The number of amides is 1. The van der Waals surface area contributed by atoms with Crippen LogP contribution < -0.4 is 4.74 Å². The van der Waals surface area contributed by atoms with Crippen molar-refractivity contribution >= 4 is 40.7 Å². The number of hydrogen-bond donors (Lipinski definition) is 0. The topological polar surface area (TPSA) is 50.6 Å². The van der Waals surface area contributed by atoms with E-state index in [0.29, 0.717) is 46.1 Å². The molecule has 31 heavy (non-hydrogen) atoms. The number of hydrogen-bond acceptors (Lipinski definition) is 4. The molecule has 1 aromatic heterocycles. The molecule has 0 atom stereocenters. The lowest BCUT2D eigenvalue weighted by molar-refractivity contribution is 0.0607. The Morgan fingerprint density at radius 3 is 2.29 bits per heavy atom. The van der Waals surface area contributed by atoms with Crippen LogP contribution in [-0.2, 0) is 13.3 Å². The number of ether oxygens (including phenoxy) is 1. The van der Waals surface area contributed by atoms with Crippen LogP contribution in [0.15, 0.2) is 54.7 Å². The van der Waals surface area contributed by atoms with Crippen molar-refractivity contribution < 1.29 is 9.53 Å². The lowest BCUT2D eigenvalue weighted by Gasteiger charge is -2.35. The lowest BCUT2D eigenvalue weighted by Crippen LogP contribution is -2.48. The van der Waals surface area contributed by atoms with Crippen LogP contribution in [0.4, 0.5) is 0 Å². The first-order valence-corrected chi connectivity index (χ1v) is 11.0. The number of nitrogens with zero attached hydrogens (tertiary/aromatic N) is 4. The fourth-order valence-corrected chi connectivity index (χ4v) is 4.20. The van der Waals surface area contributed by atoms with Crippen LogP contribution in [0.25, 0.3) is 0 Å². The van der Waals surface area contributed by atoms with E-state index in [4.69, 9.17) is 39.5 Å². The molecule has 0 radical (unpaired) electrons. The molecule has 2 aromatic carbocycles. The predicted octanol–water partition coefficient (Wildman–Crippen LogP) is 4.84. The molecule has 4 rings (SSSR count). The number of carbonyl (C=O) groups excluding carboxylic acids is 1. The molecule has 162 valence electrons. The Hall–Kier alpha value is -2.25. The van der Waals surface area contributed by atoms with Gasteiger partial charge in [0.1, 0.15) is 11.4 Å². The molecule has 1 amide bonds. The van der Waals surface area contributed by atoms with E-state index in [0.717, 1.165) is 18.7 Å². The third kappa shape index (κ3) is 5.15. The van der Waals surface area contributed by atoms with Crippen molar-refractivity contribution in [2.75, 3.05) is 26.2 Å². The lowest BCUT2D eigenvalue weighted by atomic mass is 10.2. The van der Waals surface area contributed by atoms with Gasteiger partial charge in [0.25, 0.3) is 5.91 Å². The van der Waals surface area contributed by atoms with Crippen LogP contribution in [0, 0.1) is 0 Å². The summed E-state index contributed by atoms with van der Waals surface area (Å²) < 4.78 is 7.27. The Balaban J connectivity index is 1.35. The number of halogens is 3. The molecular formula is C22H21Cl3N4O2. The number of piperazine rings is 1. The van der Waals surface area contributed by atoms with Gasteiger partial charge in [-0.1, -0.05) is 53.0 Å². The zero-order chi connectivity index (χ0) is 21.8. The van der Waals surface area contributed by atoms with Gasteiger partial charge in [-0.2, -0.15) is 5.10 Å². The smallest absolute Gasteiger partial charge is 0.272 e. The summed E-state index contributed by atoms with van der Waals surface area (Å²) in [6, 6.07) is 14.4. The van der Waals surface area contributed by atoms with Crippen LogP contribution in [0.5, 0.6) is 5.75 Å². The Kier molecular flexibility index (Phi) is 7.02. The number of benzene rings is 2. The van der Waals surface area contributed by atoms with Gasteiger partial charge in [0.2, 0.25) is 0 Å². The third-order valence-corrected chi connectivity index (χ3v) is 6.24. The standard InChI is InChI=1S/C22H21Cl3N4O2/c23-17-5-3-6-18(24)16(17)14-27-10-12-28(13-11-27)22(30)20-8-9-26-29(20)15-31-21-7-2-1-4-19(21)25/h1-9H,10-15H2. The van der Waals surface area contributed by atoms with Crippen molar-refractivity contribution in [3.63, 3.8) is 0 Å². The second-order valence-corrected chi connectivity index (χ2v) is 8.41. The van der Waals surface area contributed by atoms with E-state index in [1.54, 1.807) is 29.1 Å². The first-order chi connectivity index (χ1) is 15.0. The zero-order valence-electron chi connectivity index (χ0n) is 16.7. The second kappa shape index (κ2) is 9.92. The summed E-state index contributed by atoms with van der Waals surface area (Å²) in [6.07, 6.45) is 1.60. The van der Waals surface area contributed by atoms with Crippen LogP contribution in [0.1, 0.15) is 16.1 Å². The first kappa shape index (κ1) is 22.0. The van der Waals surface area contributed by atoms with Crippen molar-refractivity contribution in [3.8, 4) is 5.75 Å². The molecule has 6 nitrogen and oxygen atoms in total. The molecule has 0 bridgehead atoms. The SMILES string of the molecule is O=C(c1ccnn1COc1ccccc1Cl)N1CCN(Cc2c(Cl)cccc2Cl)CC1. The minimum atomic E-state index is -0.0734. The molecule has 1 aliphatic heterocycles. The Labute approximate surface area is 195 Å². The molecule has 0 unspecified atom stereocenters. The van der Waals surface area contributed by atoms with Crippen LogP contribution in [0.3, 0.4) is 0 Å². The van der Waals surface area contributed by atoms with E-state index in [-0.39, 0.29) is 12.6 Å². The Morgan fingerprint density at radius 2 is 1.58 bits per heavy atom. The number of aromatic nitrogens is 2. The number of para-hydroxylation sites is 1. The minimum Gasteiger partial charge on any atom is -0.470 e. The van der Waals surface area contributed by atoms with E-state index >= 15 is 0 Å². The van der Waals surface area contributed by atoms with E-state index in [1.165, 1.54) is 0 Å². The first-order valence-electron chi connectivity index (χ1n) is 9.86. The van der Waals surface area contributed by atoms with Gasteiger partial charge in [0.05, 0.1) is 5.02 Å². The van der Waals surface area contributed by atoms with E-state index in [2.05, 4.69) is 10.00 Å². The highest BCUT2D eigenvalue weighted by Gasteiger charge is 2.25.